The predicted octanol–water partition coefficient (Wildman–Crippen LogP) is 2.46. The molecule has 0 unspecified atom stereocenters. The number of rotatable bonds is 7. The number of carbonyl (C=O) groups excluding carboxylic acids is 1. The molecular weight excluding hydrogens is 376 g/mol. The lowest BCUT2D eigenvalue weighted by Gasteiger charge is -2.36. The summed E-state index contributed by atoms with van der Waals surface area (Å²) in [5.41, 5.74) is 1.60. The maximum Gasteiger partial charge on any atom is 0.272 e. The third-order valence-electron chi connectivity index (χ3n) is 4.76. The zero-order chi connectivity index (χ0) is 19.9. The first-order valence-electron chi connectivity index (χ1n) is 9.54. The van der Waals surface area contributed by atoms with Gasteiger partial charge in [-0.15, -0.1) is 0 Å². The molecule has 1 amide bonds. The van der Waals surface area contributed by atoms with Crippen LogP contribution < -0.4 is 10.2 Å². The zero-order valence-electron chi connectivity index (χ0n) is 16.4. The fraction of sp³-hybridized carbons (Fsp3) is 0.450. The average Bonchev–Trinajstić information content (AvgIpc) is 2.71. The molecule has 0 atom stereocenters. The Hall–Kier alpha value is -2.38. The topological polar surface area (TPSA) is 64.6 Å². The molecule has 1 N–H and O–H groups in total. The van der Waals surface area contributed by atoms with Gasteiger partial charge in [-0.05, 0) is 37.2 Å². The minimum Gasteiger partial charge on any atom is -0.369 e. The smallest absolute Gasteiger partial charge is 0.272 e. The normalized spacial score (nSPS) is 14.8. The number of anilines is 2. The molecule has 2 aromatic rings. The van der Waals surface area contributed by atoms with Crippen LogP contribution in [0.5, 0.6) is 0 Å². The highest BCUT2D eigenvalue weighted by Gasteiger charge is 2.17. The fourth-order valence-electron chi connectivity index (χ4n) is 3.20. The van der Waals surface area contributed by atoms with Crippen LogP contribution in [0.4, 0.5) is 11.6 Å². The van der Waals surface area contributed by atoms with Crippen LogP contribution >= 0.6 is 11.6 Å². The SMILES string of the molecule is CN(C)C(=O)c1ccnc(NCCCN2CCN(c3cccc(Cl)c3)CC2)n1. The number of hydrogen-bond acceptors (Lipinski definition) is 6. The van der Waals surface area contributed by atoms with Gasteiger partial charge in [0.25, 0.3) is 5.91 Å². The largest absolute Gasteiger partial charge is 0.369 e. The molecule has 1 aromatic heterocycles. The lowest BCUT2D eigenvalue weighted by atomic mass is 10.2. The van der Waals surface area contributed by atoms with Crippen LogP contribution in [0.3, 0.4) is 0 Å². The third kappa shape index (κ3) is 5.56. The van der Waals surface area contributed by atoms with E-state index in [2.05, 4.69) is 31.2 Å². The molecule has 1 saturated heterocycles. The average molecular weight is 403 g/mol. The summed E-state index contributed by atoms with van der Waals surface area (Å²) in [5.74, 6) is 0.376. The Labute approximate surface area is 171 Å². The van der Waals surface area contributed by atoms with E-state index in [1.807, 2.05) is 18.2 Å². The van der Waals surface area contributed by atoms with E-state index < -0.39 is 0 Å². The highest BCUT2D eigenvalue weighted by Crippen LogP contribution is 2.20. The molecule has 0 saturated carbocycles. The molecule has 0 radical (unpaired) electrons. The molecule has 1 aliphatic rings. The molecule has 1 aromatic carbocycles. The van der Waals surface area contributed by atoms with E-state index in [-0.39, 0.29) is 5.91 Å². The highest BCUT2D eigenvalue weighted by molar-refractivity contribution is 6.30. The van der Waals surface area contributed by atoms with Crippen molar-refractivity contribution in [1.29, 1.82) is 0 Å². The minimum atomic E-state index is -0.122. The number of nitrogens with zero attached hydrogens (tertiary/aromatic N) is 5. The third-order valence-corrected chi connectivity index (χ3v) is 5.00. The lowest BCUT2D eigenvalue weighted by Crippen LogP contribution is -2.46. The molecule has 1 fully saturated rings. The Morgan fingerprint density at radius 1 is 1.21 bits per heavy atom. The number of halogens is 1. The first-order chi connectivity index (χ1) is 13.5. The summed E-state index contributed by atoms with van der Waals surface area (Å²) in [4.78, 5) is 26.8. The molecule has 8 heteroatoms. The number of amides is 1. The Kier molecular flexibility index (Phi) is 7.06. The van der Waals surface area contributed by atoms with Crippen molar-refractivity contribution in [2.75, 3.05) is 63.6 Å². The maximum absolute atomic E-state index is 12.0. The quantitative estimate of drug-likeness (QED) is 0.718. The van der Waals surface area contributed by atoms with Gasteiger partial charge < -0.3 is 15.1 Å². The number of piperazine rings is 1. The molecule has 3 rings (SSSR count). The van der Waals surface area contributed by atoms with Crippen molar-refractivity contribution in [2.24, 2.45) is 0 Å². The van der Waals surface area contributed by atoms with E-state index >= 15 is 0 Å². The van der Waals surface area contributed by atoms with E-state index in [9.17, 15) is 4.79 Å². The number of aromatic nitrogens is 2. The summed E-state index contributed by atoms with van der Waals surface area (Å²) in [7, 11) is 3.42. The second-order valence-corrected chi connectivity index (χ2v) is 7.49. The zero-order valence-corrected chi connectivity index (χ0v) is 17.2. The van der Waals surface area contributed by atoms with Crippen LogP contribution in [-0.2, 0) is 0 Å². The summed E-state index contributed by atoms with van der Waals surface area (Å²) < 4.78 is 0. The summed E-state index contributed by atoms with van der Waals surface area (Å²) in [6, 6.07) is 9.67. The second kappa shape index (κ2) is 9.71. The number of hydrogen-bond donors (Lipinski definition) is 1. The van der Waals surface area contributed by atoms with Gasteiger partial charge in [0.2, 0.25) is 5.95 Å². The molecule has 1 aliphatic heterocycles. The van der Waals surface area contributed by atoms with Crippen LogP contribution in [0, 0.1) is 0 Å². The van der Waals surface area contributed by atoms with Crippen molar-refractivity contribution in [2.45, 2.75) is 6.42 Å². The Bertz CT molecular complexity index is 792. The molecule has 0 aliphatic carbocycles. The predicted molar refractivity (Wildman–Crippen MR) is 113 cm³/mol. The number of benzene rings is 1. The van der Waals surface area contributed by atoms with Gasteiger partial charge in [0.15, 0.2) is 0 Å². The van der Waals surface area contributed by atoms with Crippen LogP contribution in [0.25, 0.3) is 0 Å². The molecule has 0 bridgehead atoms. The molecule has 150 valence electrons. The van der Waals surface area contributed by atoms with Crippen LogP contribution in [0.2, 0.25) is 5.02 Å². The van der Waals surface area contributed by atoms with Gasteiger partial charge in [-0.2, -0.15) is 0 Å². The molecule has 2 heterocycles. The number of nitrogens with one attached hydrogen (secondary N) is 1. The van der Waals surface area contributed by atoms with Gasteiger partial charge >= 0.3 is 0 Å². The monoisotopic (exact) mass is 402 g/mol. The van der Waals surface area contributed by atoms with E-state index in [1.165, 1.54) is 10.6 Å². The van der Waals surface area contributed by atoms with Gasteiger partial charge in [-0.1, -0.05) is 17.7 Å². The van der Waals surface area contributed by atoms with Crippen molar-refractivity contribution in [3.63, 3.8) is 0 Å². The summed E-state index contributed by atoms with van der Waals surface area (Å²) in [6.07, 6.45) is 2.60. The first-order valence-corrected chi connectivity index (χ1v) is 9.92. The molecule has 28 heavy (non-hydrogen) atoms. The van der Waals surface area contributed by atoms with Crippen LogP contribution in [0.1, 0.15) is 16.9 Å². The van der Waals surface area contributed by atoms with Crippen molar-refractivity contribution >= 4 is 29.1 Å². The van der Waals surface area contributed by atoms with E-state index in [0.29, 0.717) is 11.6 Å². The summed E-state index contributed by atoms with van der Waals surface area (Å²) >= 11 is 6.09. The van der Waals surface area contributed by atoms with Crippen molar-refractivity contribution in [3.8, 4) is 0 Å². The van der Waals surface area contributed by atoms with Crippen molar-refractivity contribution in [3.05, 3.63) is 47.2 Å². The highest BCUT2D eigenvalue weighted by atomic mass is 35.5. The van der Waals surface area contributed by atoms with Gasteiger partial charge in [-0.3, -0.25) is 9.69 Å². The van der Waals surface area contributed by atoms with Gasteiger partial charge in [0.1, 0.15) is 5.69 Å². The van der Waals surface area contributed by atoms with Crippen molar-refractivity contribution < 1.29 is 4.79 Å². The molecule has 0 spiro atoms. The van der Waals surface area contributed by atoms with E-state index in [0.717, 1.165) is 50.7 Å². The lowest BCUT2D eigenvalue weighted by molar-refractivity contribution is 0.0822. The molecule has 7 nitrogen and oxygen atoms in total. The van der Waals surface area contributed by atoms with Crippen molar-refractivity contribution in [1.82, 2.24) is 19.8 Å². The fourth-order valence-corrected chi connectivity index (χ4v) is 3.38. The van der Waals surface area contributed by atoms with E-state index in [4.69, 9.17) is 11.6 Å². The minimum absolute atomic E-state index is 0.122. The molecular formula is C20H27ClN6O. The number of carbonyl (C=O) groups is 1. The van der Waals surface area contributed by atoms with Crippen LogP contribution in [0.15, 0.2) is 36.5 Å². The van der Waals surface area contributed by atoms with Gasteiger partial charge in [0, 0.05) is 63.7 Å². The Morgan fingerprint density at radius 2 is 2.00 bits per heavy atom. The van der Waals surface area contributed by atoms with Crippen LogP contribution in [-0.4, -0.2) is 79.0 Å². The summed E-state index contributed by atoms with van der Waals surface area (Å²) in [6.45, 7) is 5.88. The summed E-state index contributed by atoms with van der Waals surface area (Å²) in [5, 5.41) is 4.00. The Morgan fingerprint density at radius 3 is 2.71 bits per heavy atom. The Balaban J connectivity index is 1.39. The first kappa shape index (κ1) is 20.4. The standard InChI is InChI=1S/C20H27ClN6O/c1-25(2)19(28)18-7-9-23-20(24-18)22-8-4-10-26-11-13-27(14-12-26)17-6-3-5-16(21)15-17/h3,5-7,9,15H,4,8,10-14H2,1-2H3,(H,22,23,24). The van der Waals surface area contributed by atoms with Gasteiger partial charge in [-0.25, -0.2) is 9.97 Å². The van der Waals surface area contributed by atoms with Gasteiger partial charge in [0.05, 0.1) is 0 Å². The van der Waals surface area contributed by atoms with E-state index in [1.54, 1.807) is 26.4 Å². The maximum atomic E-state index is 12.0. The second-order valence-electron chi connectivity index (χ2n) is 7.05.